The minimum atomic E-state index is -0.0810. The second-order valence-electron chi connectivity index (χ2n) is 7.01. The Bertz CT molecular complexity index is 988. The summed E-state index contributed by atoms with van der Waals surface area (Å²) < 4.78 is 0. The third-order valence-corrected chi connectivity index (χ3v) is 4.82. The molecule has 0 aliphatic carbocycles. The number of hydrogen-bond acceptors (Lipinski definition) is 2. The number of hydrogen-bond donors (Lipinski definition) is 4. The Morgan fingerprint density at radius 2 is 1.90 bits per heavy atom. The second-order valence-corrected chi connectivity index (χ2v) is 7.01. The van der Waals surface area contributed by atoms with Crippen molar-refractivity contribution in [3.8, 4) is 0 Å². The van der Waals surface area contributed by atoms with Crippen LogP contribution in [-0.2, 0) is 13.0 Å². The third kappa shape index (κ3) is 5.38. The van der Waals surface area contributed by atoms with E-state index in [-0.39, 0.29) is 5.91 Å². The molecule has 0 bridgehead atoms. The molecule has 3 rings (SSSR count). The maximum atomic E-state index is 11.6. The van der Waals surface area contributed by atoms with Crippen LogP contribution in [0.3, 0.4) is 0 Å². The molecule has 2 aromatic carbocycles. The first-order valence-corrected chi connectivity index (χ1v) is 10.0. The lowest BCUT2D eigenvalue weighted by atomic mass is 10.1. The van der Waals surface area contributed by atoms with Crippen LogP contribution in [0.15, 0.2) is 53.7 Å². The molecular formula is C23H29N5O. The molecule has 3 aromatic rings. The number of rotatable bonds is 7. The van der Waals surface area contributed by atoms with Crippen LogP contribution in [-0.4, -0.2) is 37.0 Å². The van der Waals surface area contributed by atoms with Crippen molar-refractivity contribution >= 4 is 22.8 Å². The quantitative estimate of drug-likeness (QED) is 0.369. The molecule has 0 saturated heterocycles. The number of carbonyl (C=O) groups is 1. The molecule has 4 N–H and O–H groups in total. The van der Waals surface area contributed by atoms with Crippen molar-refractivity contribution in [2.24, 2.45) is 4.99 Å². The van der Waals surface area contributed by atoms with Gasteiger partial charge in [-0.1, -0.05) is 24.3 Å². The van der Waals surface area contributed by atoms with Gasteiger partial charge in [-0.3, -0.25) is 4.79 Å². The van der Waals surface area contributed by atoms with E-state index < -0.39 is 0 Å². The van der Waals surface area contributed by atoms with Gasteiger partial charge in [0.05, 0.1) is 6.54 Å². The van der Waals surface area contributed by atoms with Crippen molar-refractivity contribution < 1.29 is 4.79 Å². The fourth-order valence-corrected chi connectivity index (χ4v) is 3.24. The van der Waals surface area contributed by atoms with Crippen LogP contribution in [0.2, 0.25) is 0 Å². The first kappa shape index (κ1) is 20.5. The highest BCUT2D eigenvalue weighted by Gasteiger charge is 2.05. The lowest BCUT2D eigenvalue weighted by Gasteiger charge is -2.11. The zero-order valence-corrected chi connectivity index (χ0v) is 17.3. The number of aromatic nitrogens is 1. The molecule has 6 nitrogen and oxygen atoms in total. The molecule has 6 heteroatoms. The van der Waals surface area contributed by atoms with Gasteiger partial charge in [0, 0.05) is 42.8 Å². The van der Waals surface area contributed by atoms with E-state index in [2.05, 4.69) is 64.2 Å². The molecule has 0 radical (unpaired) electrons. The second kappa shape index (κ2) is 9.78. The van der Waals surface area contributed by atoms with Crippen LogP contribution in [0, 0.1) is 6.92 Å². The number of carbonyl (C=O) groups excluding carboxylic acids is 1. The lowest BCUT2D eigenvalue weighted by Crippen LogP contribution is -2.38. The van der Waals surface area contributed by atoms with Crippen molar-refractivity contribution in [3.63, 3.8) is 0 Å². The summed E-state index contributed by atoms with van der Waals surface area (Å²) in [6, 6.07) is 14.0. The summed E-state index contributed by atoms with van der Waals surface area (Å²) in [6.07, 6.45) is 3.00. The fourth-order valence-electron chi connectivity index (χ4n) is 3.24. The molecule has 0 fully saturated rings. The van der Waals surface area contributed by atoms with E-state index >= 15 is 0 Å². The average molecular weight is 392 g/mol. The van der Waals surface area contributed by atoms with Gasteiger partial charge in [0.15, 0.2) is 5.96 Å². The molecule has 0 aliphatic heterocycles. The van der Waals surface area contributed by atoms with Gasteiger partial charge in [-0.2, -0.15) is 0 Å². The number of amides is 1. The van der Waals surface area contributed by atoms with E-state index in [1.54, 1.807) is 7.05 Å². The molecule has 0 aliphatic rings. The lowest BCUT2D eigenvalue weighted by molar-refractivity contribution is 0.0963. The van der Waals surface area contributed by atoms with Crippen molar-refractivity contribution in [3.05, 3.63) is 70.9 Å². The molecule has 1 aromatic heterocycles. The number of nitrogens with one attached hydrogen (secondary N) is 4. The van der Waals surface area contributed by atoms with Crippen LogP contribution >= 0.6 is 0 Å². The molecule has 1 heterocycles. The van der Waals surface area contributed by atoms with Crippen molar-refractivity contribution in [2.75, 3.05) is 20.1 Å². The predicted octanol–water partition coefficient (Wildman–Crippen LogP) is 3.13. The minimum absolute atomic E-state index is 0.0810. The summed E-state index contributed by atoms with van der Waals surface area (Å²) in [5, 5.41) is 10.6. The van der Waals surface area contributed by atoms with E-state index in [1.807, 2.05) is 24.3 Å². The third-order valence-electron chi connectivity index (χ3n) is 4.82. The Morgan fingerprint density at radius 3 is 2.62 bits per heavy atom. The fraction of sp³-hybridized carbons (Fsp3) is 0.304. The van der Waals surface area contributed by atoms with Gasteiger partial charge in [0.1, 0.15) is 0 Å². The number of guanidine groups is 1. The van der Waals surface area contributed by atoms with Gasteiger partial charge < -0.3 is 20.9 Å². The Labute approximate surface area is 171 Å². The van der Waals surface area contributed by atoms with Gasteiger partial charge in [-0.05, 0) is 55.2 Å². The first-order chi connectivity index (χ1) is 14.1. The van der Waals surface area contributed by atoms with E-state index in [1.165, 1.54) is 22.0 Å². The maximum absolute atomic E-state index is 11.6. The smallest absolute Gasteiger partial charge is 0.251 e. The molecular weight excluding hydrogens is 362 g/mol. The summed E-state index contributed by atoms with van der Waals surface area (Å²) in [5.41, 5.74) is 5.45. The molecule has 0 spiro atoms. The molecule has 0 unspecified atom stereocenters. The maximum Gasteiger partial charge on any atom is 0.251 e. The number of H-pyrrole nitrogens is 1. The topological polar surface area (TPSA) is 81.3 Å². The molecule has 152 valence electrons. The number of aryl methyl sites for hydroxylation is 1. The van der Waals surface area contributed by atoms with Crippen LogP contribution in [0.1, 0.15) is 34.0 Å². The highest BCUT2D eigenvalue weighted by Crippen LogP contribution is 2.19. The Morgan fingerprint density at radius 1 is 1.10 bits per heavy atom. The zero-order chi connectivity index (χ0) is 20.6. The SMILES string of the molecule is CCNC(=NCc1ccc(C(=O)NC)cc1)NCCc1c[nH]c2cc(C)ccc12. The van der Waals surface area contributed by atoms with Crippen LogP contribution in [0.25, 0.3) is 10.9 Å². The van der Waals surface area contributed by atoms with Crippen molar-refractivity contribution in [2.45, 2.75) is 26.8 Å². The van der Waals surface area contributed by atoms with E-state index in [4.69, 9.17) is 0 Å². The molecule has 1 amide bonds. The summed E-state index contributed by atoms with van der Waals surface area (Å²) >= 11 is 0. The van der Waals surface area contributed by atoms with Crippen LogP contribution in [0.5, 0.6) is 0 Å². The van der Waals surface area contributed by atoms with Gasteiger partial charge in [-0.25, -0.2) is 4.99 Å². The minimum Gasteiger partial charge on any atom is -0.361 e. The van der Waals surface area contributed by atoms with Crippen molar-refractivity contribution in [1.29, 1.82) is 0 Å². The highest BCUT2D eigenvalue weighted by atomic mass is 16.1. The Balaban J connectivity index is 1.58. The summed E-state index contributed by atoms with van der Waals surface area (Å²) in [6.45, 7) is 6.30. The molecule has 0 saturated carbocycles. The summed E-state index contributed by atoms with van der Waals surface area (Å²) in [5.74, 6) is 0.709. The summed E-state index contributed by atoms with van der Waals surface area (Å²) in [7, 11) is 1.63. The number of aromatic amines is 1. The summed E-state index contributed by atoms with van der Waals surface area (Å²) in [4.78, 5) is 19.6. The normalized spacial score (nSPS) is 11.5. The number of nitrogens with zero attached hydrogens (tertiary/aromatic N) is 1. The van der Waals surface area contributed by atoms with Crippen molar-refractivity contribution in [1.82, 2.24) is 20.9 Å². The number of fused-ring (bicyclic) bond motifs is 1. The standard InChI is InChI=1S/C23H29N5O/c1-4-25-23(28-14-17-6-8-18(9-7-17)22(29)24-3)26-12-11-19-15-27-21-13-16(2)5-10-20(19)21/h5-10,13,15,27H,4,11-12,14H2,1-3H3,(H,24,29)(H2,25,26,28). The Kier molecular flexibility index (Phi) is 6.89. The zero-order valence-electron chi connectivity index (χ0n) is 17.3. The number of benzene rings is 2. The predicted molar refractivity (Wildman–Crippen MR) is 119 cm³/mol. The number of aliphatic imine (C=N–C) groups is 1. The largest absolute Gasteiger partial charge is 0.361 e. The molecule has 29 heavy (non-hydrogen) atoms. The van der Waals surface area contributed by atoms with Gasteiger partial charge >= 0.3 is 0 Å². The molecule has 0 atom stereocenters. The Hall–Kier alpha value is -3.28. The highest BCUT2D eigenvalue weighted by molar-refractivity contribution is 5.94. The van der Waals surface area contributed by atoms with E-state index in [9.17, 15) is 4.79 Å². The van der Waals surface area contributed by atoms with Crippen LogP contribution < -0.4 is 16.0 Å². The monoisotopic (exact) mass is 391 g/mol. The first-order valence-electron chi connectivity index (χ1n) is 10.0. The van der Waals surface area contributed by atoms with Gasteiger partial charge in [0.2, 0.25) is 0 Å². The van der Waals surface area contributed by atoms with Gasteiger partial charge in [0.25, 0.3) is 5.91 Å². The van der Waals surface area contributed by atoms with Gasteiger partial charge in [-0.15, -0.1) is 0 Å². The average Bonchev–Trinajstić information content (AvgIpc) is 3.13. The van der Waals surface area contributed by atoms with E-state index in [0.717, 1.165) is 31.0 Å². The van der Waals surface area contributed by atoms with E-state index in [0.29, 0.717) is 12.1 Å². The van der Waals surface area contributed by atoms with Crippen LogP contribution in [0.4, 0.5) is 0 Å².